The highest BCUT2D eigenvalue weighted by Crippen LogP contribution is 2.21. The average Bonchev–Trinajstić information content (AvgIpc) is 2.86. The van der Waals surface area contributed by atoms with Crippen molar-refractivity contribution < 1.29 is 9.53 Å². The fourth-order valence-electron chi connectivity index (χ4n) is 2.33. The molecular weight excluding hydrogens is 230 g/mol. The number of anilines is 1. The van der Waals surface area contributed by atoms with Crippen LogP contribution in [-0.4, -0.2) is 37.2 Å². The third-order valence-electron chi connectivity index (χ3n) is 3.35. The van der Waals surface area contributed by atoms with E-state index in [1.54, 1.807) is 19.4 Å². The van der Waals surface area contributed by atoms with E-state index in [1.165, 1.54) is 0 Å². The summed E-state index contributed by atoms with van der Waals surface area (Å²) in [6, 6.07) is 3.67. The summed E-state index contributed by atoms with van der Waals surface area (Å²) in [5.41, 5.74) is 1.31. The molecule has 98 valence electrons. The van der Waals surface area contributed by atoms with Crippen LogP contribution in [-0.2, 0) is 4.74 Å². The average molecular weight is 249 g/mol. The molecule has 2 rings (SSSR count). The summed E-state index contributed by atoms with van der Waals surface area (Å²) in [5, 5.41) is 5.98. The van der Waals surface area contributed by atoms with Crippen LogP contribution in [0.15, 0.2) is 18.3 Å². The smallest absolute Gasteiger partial charge is 0.270 e. The number of nitrogens with zero attached hydrogens (tertiary/aromatic N) is 1. The number of hydrogen-bond donors (Lipinski definition) is 2. The summed E-state index contributed by atoms with van der Waals surface area (Å²) in [6.45, 7) is 0. The van der Waals surface area contributed by atoms with Crippen LogP contribution in [0.3, 0.4) is 0 Å². The van der Waals surface area contributed by atoms with Crippen LogP contribution >= 0.6 is 0 Å². The number of rotatable bonds is 4. The van der Waals surface area contributed by atoms with E-state index in [-0.39, 0.29) is 18.1 Å². The van der Waals surface area contributed by atoms with Gasteiger partial charge < -0.3 is 15.4 Å². The normalized spacial score (nSPS) is 22.8. The molecule has 1 aromatic rings. The molecule has 2 unspecified atom stereocenters. The predicted molar refractivity (Wildman–Crippen MR) is 69.7 cm³/mol. The van der Waals surface area contributed by atoms with E-state index in [1.807, 2.05) is 13.1 Å². The summed E-state index contributed by atoms with van der Waals surface area (Å²) in [7, 11) is 3.50. The first kappa shape index (κ1) is 12.8. The second kappa shape index (κ2) is 5.82. The number of pyridine rings is 1. The number of methoxy groups -OCH3 is 1. The van der Waals surface area contributed by atoms with Crippen molar-refractivity contribution in [2.24, 2.45) is 0 Å². The van der Waals surface area contributed by atoms with E-state index in [0.717, 1.165) is 24.9 Å². The van der Waals surface area contributed by atoms with Crippen LogP contribution in [0.5, 0.6) is 0 Å². The van der Waals surface area contributed by atoms with Crippen LogP contribution in [0.4, 0.5) is 5.69 Å². The van der Waals surface area contributed by atoms with Gasteiger partial charge in [0.05, 0.1) is 12.1 Å². The van der Waals surface area contributed by atoms with E-state index in [2.05, 4.69) is 15.6 Å². The number of ether oxygens (including phenoxy) is 1. The lowest BCUT2D eigenvalue weighted by Crippen LogP contribution is -2.41. The van der Waals surface area contributed by atoms with E-state index in [9.17, 15) is 4.79 Å². The van der Waals surface area contributed by atoms with Crippen LogP contribution in [0.2, 0.25) is 0 Å². The zero-order valence-corrected chi connectivity index (χ0v) is 10.8. The van der Waals surface area contributed by atoms with Crippen LogP contribution < -0.4 is 10.6 Å². The molecule has 0 aromatic carbocycles. The Hall–Kier alpha value is -1.62. The first-order valence-electron chi connectivity index (χ1n) is 6.22. The molecule has 0 bridgehead atoms. The van der Waals surface area contributed by atoms with Crippen LogP contribution in [0.25, 0.3) is 0 Å². The Labute approximate surface area is 107 Å². The van der Waals surface area contributed by atoms with Gasteiger partial charge in [0.25, 0.3) is 5.91 Å². The first-order chi connectivity index (χ1) is 8.74. The molecule has 2 atom stereocenters. The third-order valence-corrected chi connectivity index (χ3v) is 3.35. The lowest BCUT2D eigenvalue weighted by molar-refractivity contribution is 0.0719. The zero-order chi connectivity index (χ0) is 13.0. The van der Waals surface area contributed by atoms with Gasteiger partial charge in [0, 0.05) is 26.0 Å². The van der Waals surface area contributed by atoms with Gasteiger partial charge in [0.2, 0.25) is 0 Å². The van der Waals surface area contributed by atoms with E-state index >= 15 is 0 Å². The molecule has 1 aliphatic rings. The molecule has 1 aliphatic carbocycles. The molecule has 1 aromatic heterocycles. The van der Waals surface area contributed by atoms with Gasteiger partial charge in [0.1, 0.15) is 5.69 Å². The lowest BCUT2D eigenvalue weighted by Gasteiger charge is -2.19. The zero-order valence-electron chi connectivity index (χ0n) is 10.8. The molecule has 5 nitrogen and oxygen atoms in total. The maximum atomic E-state index is 12.1. The lowest BCUT2D eigenvalue weighted by atomic mass is 10.2. The van der Waals surface area contributed by atoms with Crippen molar-refractivity contribution in [1.82, 2.24) is 10.3 Å². The standard InChI is InChI=1S/C13H19N3O2/c1-14-9-6-7-15-11(8-9)13(17)16-10-4-3-5-12(10)18-2/h6-8,10,12H,3-5H2,1-2H3,(H,14,15)(H,16,17). The minimum atomic E-state index is -0.138. The van der Waals surface area contributed by atoms with E-state index in [4.69, 9.17) is 4.74 Å². The monoisotopic (exact) mass is 249 g/mol. The Morgan fingerprint density at radius 1 is 1.50 bits per heavy atom. The van der Waals surface area contributed by atoms with Crippen molar-refractivity contribution in [2.45, 2.75) is 31.4 Å². The van der Waals surface area contributed by atoms with Crippen molar-refractivity contribution >= 4 is 11.6 Å². The molecule has 0 saturated heterocycles. The van der Waals surface area contributed by atoms with Crippen molar-refractivity contribution in [3.63, 3.8) is 0 Å². The number of hydrogen-bond acceptors (Lipinski definition) is 4. The maximum absolute atomic E-state index is 12.1. The Bertz CT molecular complexity index is 422. The molecule has 2 N–H and O–H groups in total. The molecule has 18 heavy (non-hydrogen) atoms. The summed E-state index contributed by atoms with van der Waals surface area (Å²) >= 11 is 0. The first-order valence-corrected chi connectivity index (χ1v) is 6.22. The van der Waals surface area contributed by atoms with Crippen molar-refractivity contribution in [1.29, 1.82) is 0 Å². The Kier molecular flexibility index (Phi) is 4.15. The van der Waals surface area contributed by atoms with Crippen molar-refractivity contribution in [3.05, 3.63) is 24.0 Å². The topological polar surface area (TPSA) is 63.2 Å². The molecule has 1 heterocycles. The number of aromatic nitrogens is 1. The van der Waals surface area contributed by atoms with Crippen molar-refractivity contribution in [2.75, 3.05) is 19.5 Å². The quantitative estimate of drug-likeness (QED) is 0.847. The summed E-state index contributed by atoms with van der Waals surface area (Å²) in [5.74, 6) is -0.138. The van der Waals surface area contributed by atoms with Gasteiger partial charge in [-0.1, -0.05) is 0 Å². The highest BCUT2D eigenvalue weighted by Gasteiger charge is 2.28. The minimum Gasteiger partial charge on any atom is -0.388 e. The summed E-state index contributed by atoms with van der Waals surface area (Å²) in [6.07, 6.45) is 4.82. The third kappa shape index (κ3) is 2.79. The van der Waals surface area contributed by atoms with Crippen molar-refractivity contribution in [3.8, 4) is 0 Å². The van der Waals surface area contributed by atoms with E-state index in [0.29, 0.717) is 5.69 Å². The highest BCUT2D eigenvalue weighted by molar-refractivity contribution is 5.93. The molecule has 5 heteroatoms. The van der Waals surface area contributed by atoms with E-state index < -0.39 is 0 Å². The van der Waals surface area contributed by atoms with Gasteiger partial charge in [-0.2, -0.15) is 0 Å². The molecule has 1 amide bonds. The van der Waals surface area contributed by atoms with Gasteiger partial charge in [-0.25, -0.2) is 0 Å². The Balaban J connectivity index is 2.02. The number of carbonyl (C=O) groups excluding carboxylic acids is 1. The SMILES string of the molecule is CNc1ccnc(C(=O)NC2CCCC2OC)c1. The molecule has 0 radical (unpaired) electrons. The Morgan fingerprint density at radius 2 is 2.33 bits per heavy atom. The molecule has 1 fully saturated rings. The number of carbonyl (C=O) groups is 1. The molecule has 0 spiro atoms. The van der Waals surface area contributed by atoms with Gasteiger partial charge in [-0.05, 0) is 31.4 Å². The number of nitrogens with one attached hydrogen (secondary N) is 2. The second-order valence-electron chi connectivity index (χ2n) is 4.46. The Morgan fingerprint density at radius 3 is 3.06 bits per heavy atom. The fourth-order valence-corrected chi connectivity index (χ4v) is 2.33. The largest absolute Gasteiger partial charge is 0.388 e. The highest BCUT2D eigenvalue weighted by atomic mass is 16.5. The van der Waals surface area contributed by atoms with Crippen LogP contribution in [0, 0.1) is 0 Å². The van der Waals surface area contributed by atoms with Crippen LogP contribution in [0.1, 0.15) is 29.8 Å². The summed E-state index contributed by atoms with van der Waals surface area (Å²) < 4.78 is 5.36. The van der Waals surface area contributed by atoms with Gasteiger partial charge in [0.15, 0.2) is 0 Å². The number of amides is 1. The van der Waals surface area contributed by atoms with Gasteiger partial charge >= 0.3 is 0 Å². The maximum Gasteiger partial charge on any atom is 0.270 e. The fraction of sp³-hybridized carbons (Fsp3) is 0.538. The summed E-state index contributed by atoms with van der Waals surface area (Å²) in [4.78, 5) is 16.2. The minimum absolute atomic E-state index is 0.0996. The predicted octanol–water partition coefficient (Wildman–Crippen LogP) is 1.42. The van der Waals surface area contributed by atoms with Gasteiger partial charge in [-0.15, -0.1) is 0 Å². The molecule has 1 saturated carbocycles. The molecular formula is C13H19N3O2. The van der Waals surface area contributed by atoms with Gasteiger partial charge in [-0.3, -0.25) is 9.78 Å². The molecule has 0 aliphatic heterocycles. The second-order valence-corrected chi connectivity index (χ2v) is 4.46.